The number of aromatic hydroxyl groups is 1. The fourth-order valence-electron chi connectivity index (χ4n) is 4.57. The number of ether oxygens (including phenoxy) is 2. The number of carbonyl (C=O) groups excluding carboxylic acids is 2. The predicted molar refractivity (Wildman–Crippen MR) is 146 cm³/mol. The van der Waals surface area contributed by atoms with Gasteiger partial charge < -0.3 is 24.4 Å². The third kappa shape index (κ3) is 7.51. The fourth-order valence-corrected chi connectivity index (χ4v) is 4.57. The van der Waals surface area contributed by atoms with Crippen LogP contribution in [0.1, 0.15) is 38.3 Å². The molecule has 7 nitrogen and oxygen atoms in total. The van der Waals surface area contributed by atoms with Crippen LogP contribution in [-0.4, -0.2) is 58.2 Å². The zero-order chi connectivity index (χ0) is 27.1. The lowest BCUT2D eigenvalue weighted by molar-refractivity contribution is -0.136. The third-order valence-electron chi connectivity index (χ3n) is 6.41. The number of piperazine rings is 1. The first-order valence-electron chi connectivity index (χ1n) is 13.0. The number of amides is 2. The summed E-state index contributed by atoms with van der Waals surface area (Å²) in [4.78, 5) is 29.9. The third-order valence-corrected chi connectivity index (χ3v) is 6.41. The molecule has 3 aromatic carbocycles. The van der Waals surface area contributed by atoms with Gasteiger partial charge in [-0.15, -0.1) is 0 Å². The molecule has 1 aliphatic heterocycles. The van der Waals surface area contributed by atoms with Gasteiger partial charge >= 0.3 is 6.09 Å². The van der Waals surface area contributed by atoms with E-state index in [1.165, 1.54) is 0 Å². The molecule has 7 heteroatoms. The monoisotopic (exact) mass is 516 g/mol. The Morgan fingerprint density at radius 1 is 0.921 bits per heavy atom. The summed E-state index contributed by atoms with van der Waals surface area (Å²) < 4.78 is 11.7. The zero-order valence-corrected chi connectivity index (χ0v) is 22.3. The first-order valence-corrected chi connectivity index (χ1v) is 13.0. The van der Waals surface area contributed by atoms with Gasteiger partial charge in [0.15, 0.2) is 0 Å². The fraction of sp³-hybridized carbons (Fsp3) is 0.355. The molecule has 1 heterocycles. The highest BCUT2D eigenvalue weighted by molar-refractivity contribution is 5.77. The van der Waals surface area contributed by atoms with Crippen LogP contribution in [0.5, 0.6) is 17.2 Å². The van der Waals surface area contributed by atoms with Gasteiger partial charge in [0.25, 0.3) is 0 Å². The lowest BCUT2D eigenvalue weighted by atomic mass is 10.0. The van der Waals surface area contributed by atoms with Crippen molar-refractivity contribution in [2.45, 2.75) is 51.7 Å². The Morgan fingerprint density at radius 2 is 1.61 bits per heavy atom. The molecule has 1 saturated heterocycles. The van der Waals surface area contributed by atoms with Gasteiger partial charge in [0, 0.05) is 26.1 Å². The molecule has 1 fully saturated rings. The molecule has 0 aliphatic carbocycles. The largest absolute Gasteiger partial charge is 0.508 e. The van der Waals surface area contributed by atoms with E-state index in [1.54, 1.807) is 17.0 Å². The summed E-state index contributed by atoms with van der Waals surface area (Å²) in [7, 11) is 0. The predicted octanol–water partition coefficient (Wildman–Crippen LogP) is 5.81. The van der Waals surface area contributed by atoms with E-state index in [-0.39, 0.29) is 23.8 Å². The maximum absolute atomic E-state index is 13.5. The quantitative estimate of drug-likeness (QED) is 0.429. The van der Waals surface area contributed by atoms with E-state index in [0.717, 1.165) is 22.6 Å². The molecule has 1 N–H and O–H groups in total. The SMILES string of the molecule is CC(C)(C)OC(=O)N1CCN(C(=O)CCc2ccccc2Oc2ccccc2)C(Cc2ccc(O)cc2)C1. The van der Waals surface area contributed by atoms with Crippen molar-refractivity contribution in [3.8, 4) is 17.2 Å². The van der Waals surface area contributed by atoms with Crippen LogP contribution in [0.15, 0.2) is 78.9 Å². The smallest absolute Gasteiger partial charge is 0.410 e. The van der Waals surface area contributed by atoms with Gasteiger partial charge in [0.2, 0.25) is 5.91 Å². The lowest BCUT2D eigenvalue weighted by Crippen LogP contribution is -2.57. The van der Waals surface area contributed by atoms with Crippen LogP contribution in [0.25, 0.3) is 0 Å². The minimum absolute atomic E-state index is 0.0344. The van der Waals surface area contributed by atoms with Crippen molar-refractivity contribution >= 4 is 12.0 Å². The van der Waals surface area contributed by atoms with Crippen LogP contribution < -0.4 is 4.74 Å². The molecule has 0 spiro atoms. The molecule has 200 valence electrons. The maximum atomic E-state index is 13.5. The second-order valence-electron chi connectivity index (χ2n) is 10.6. The standard InChI is InChI=1S/C31H36N2O5/c1-31(2,3)38-30(36)32-19-20-33(25(22-32)21-23-13-16-26(34)17-14-23)29(35)18-15-24-9-7-8-12-28(24)37-27-10-5-4-6-11-27/h4-14,16-17,25,34H,15,18-22H2,1-3H3. The molecular formula is C31H36N2O5. The molecule has 1 unspecified atom stereocenters. The van der Waals surface area contributed by atoms with E-state index in [2.05, 4.69) is 0 Å². The molecule has 1 aliphatic rings. The molecule has 0 aromatic heterocycles. The van der Waals surface area contributed by atoms with E-state index < -0.39 is 5.60 Å². The van der Waals surface area contributed by atoms with Crippen LogP contribution in [-0.2, 0) is 22.4 Å². The summed E-state index contributed by atoms with van der Waals surface area (Å²) in [5.41, 5.74) is 1.36. The first kappa shape index (κ1) is 27.0. The topological polar surface area (TPSA) is 79.3 Å². The van der Waals surface area contributed by atoms with Crippen molar-refractivity contribution in [2.75, 3.05) is 19.6 Å². The number of aryl methyl sites for hydroxylation is 1. The molecule has 0 bridgehead atoms. The van der Waals surface area contributed by atoms with Gasteiger partial charge in [0.05, 0.1) is 6.04 Å². The number of rotatable bonds is 7. The number of nitrogens with zero attached hydrogens (tertiary/aromatic N) is 2. The molecular weight excluding hydrogens is 480 g/mol. The number of benzene rings is 3. The van der Waals surface area contributed by atoms with Crippen molar-refractivity contribution in [1.82, 2.24) is 9.80 Å². The number of para-hydroxylation sites is 2. The van der Waals surface area contributed by atoms with Gasteiger partial charge in [0.1, 0.15) is 22.8 Å². The van der Waals surface area contributed by atoms with Crippen molar-refractivity contribution in [2.24, 2.45) is 0 Å². The van der Waals surface area contributed by atoms with Gasteiger partial charge in [-0.3, -0.25) is 4.79 Å². The molecule has 3 aromatic rings. The van der Waals surface area contributed by atoms with E-state index in [9.17, 15) is 14.7 Å². The van der Waals surface area contributed by atoms with E-state index >= 15 is 0 Å². The van der Waals surface area contributed by atoms with Gasteiger partial charge in [-0.25, -0.2) is 4.79 Å². The minimum Gasteiger partial charge on any atom is -0.508 e. The van der Waals surface area contributed by atoms with Gasteiger partial charge in [-0.1, -0.05) is 48.5 Å². The van der Waals surface area contributed by atoms with Crippen LogP contribution in [0.3, 0.4) is 0 Å². The molecule has 1 atom stereocenters. The zero-order valence-electron chi connectivity index (χ0n) is 22.3. The summed E-state index contributed by atoms with van der Waals surface area (Å²) in [5.74, 6) is 1.71. The summed E-state index contributed by atoms with van der Waals surface area (Å²) in [6, 6.07) is 24.1. The Labute approximate surface area is 224 Å². The molecule has 38 heavy (non-hydrogen) atoms. The minimum atomic E-state index is -0.592. The highest BCUT2D eigenvalue weighted by Crippen LogP contribution is 2.27. The second kappa shape index (κ2) is 12.0. The maximum Gasteiger partial charge on any atom is 0.410 e. The summed E-state index contributed by atoms with van der Waals surface area (Å²) in [6.07, 6.45) is 1.07. The molecule has 2 amide bonds. The summed E-state index contributed by atoms with van der Waals surface area (Å²) in [6.45, 7) is 6.77. The Hall–Kier alpha value is -4.00. The second-order valence-corrected chi connectivity index (χ2v) is 10.6. The van der Waals surface area contributed by atoms with Gasteiger partial charge in [-0.2, -0.15) is 0 Å². The Bertz CT molecular complexity index is 1220. The normalized spacial score (nSPS) is 15.7. The van der Waals surface area contributed by atoms with Crippen LogP contribution in [0.4, 0.5) is 4.79 Å². The highest BCUT2D eigenvalue weighted by atomic mass is 16.6. The van der Waals surface area contributed by atoms with Crippen molar-refractivity contribution in [3.05, 3.63) is 90.0 Å². The van der Waals surface area contributed by atoms with E-state index in [1.807, 2.05) is 92.4 Å². The summed E-state index contributed by atoms with van der Waals surface area (Å²) >= 11 is 0. The summed E-state index contributed by atoms with van der Waals surface area (Å²) in [5, 5.41) is 9.68. The van der Waals surface area contributed by atoms with Crippen LogP contribution in [0.2, 0.25) is 0 Å². The van der Waals surface area contributed by atoms with E-state index in [0.29, 0.717) is 38.9 Å². The average molecular weight is 517 g/mol. The van der Waals surface area contributed by atoms with Crippen LogP contribution in [0, 0.1) is 0 Å². The number of phenols is 1. The number of hydrogen-bond donors (Lipinski definition) is 1. The molecule has 4 rings (SSSR count). The number of phenolic OH excluding ortho intramolecular Hbond substituents is 1. The Kier molecular flexibility index (Phi) is 8.56. The number of carbonyl (C=O) groups is 2. The number of hydrogen-bond acceptors (Lipinski definition) is 5. The lowest BCUT2D eigenvalue weighted by Gasteiger charge is -2.42. The molecule has 0 saturated carbocycles. The van der Waals surface area contributed by atoms with Gasteiger partial charge in [-0.05, 0) is 75.1 Å². The highest BCUT2D eigenvalue weighted by Gasteiger charge is 2.34. The van der Waals surface area contributed by atoms with Crippen molar-refractivity contribution < 1.29 is 24.2 Å². The van der Waals surface area contributed by atoms with Crippen molar-refractivity contribution in [3.63, 3.8) is 0 Å². The Balaban J connectivity index is 1.46. The first-order chi connectivity index (χ1) is 18.2. The average Bonchev–Trinajstić information content (AvgIpc) is 2.89. The molecule has 0 radical (unpaired) electrons. The van der Waals surface area contributed by atoms with Crippen molar-refractivity contribution in [1.29, 1.82) is 0 Å². The van der Waals surface area contributed by atoms with Crippen LogP contribution >= 0.6 is 0 Å². The van der Waals surface area contributed by atoms with E-state index in [4.69, 9.17) is 9.47 Å². The Morgan fingerprint density at radius 3 is 2.32 bits per heavy atom.